The summed E-state index contributed by atoms with van der Waals surface area (Å²) in [6.45, 7) is 8.91. The molecule has 0 fully saturated rings. The van der Waals surface area contributed by atoms with E-state index in [0.29, 0.717) is 45.9 Å². The molecule has 2 aliphatic rings. The van der Waals surface area contributed by atoms with Crippen LogP contribution >= 0.6 is 0 Å². The quantitative estimate of drug-likeness (QED) is 0.0883. The molecule has 8 nitrogen and oxygen atoms in total. The number of hydrogen-bond acceptors (Lipinski definition) is 6. The maximum Gasteiger partial charge on any atom is 2.00 e. The van der Waals surface area contributed by atoms with Crippen LogP contribution in [0, 0.1) is 0 Å². The molecule has 0 saturated heterocycles. The molecule has 0 amide bonds. The molecular weight excluding hydrogens is 848 g/mol. The predicted octanol–water partition coefficient (Wildman–Crippen LogP) is 13.5. The van der Waals surface area contributed by atoms with E-state index < -0.39 is 0 Å². The van der Waals surface area contributed by atoms with Crippen LogP contribution in [0.25, 0.3) is 67.1 Å². The van der Waals surface area contributed by atoms with Gasteiger partial charge in [0, 0.05) is 33.7 Å². The minimum Gasteiger partial charge on any atom is -0.357 e. The molecule has 7 aromatic rings. The molecule has 9 heteroatoms. The third kappa shape index (κ3) is 9.45. The number of unbranched alkanes of at least 4 members (excludes halogenated alkanes) is 4. The summed E-state index contributed by atoms with van der Waals surface area (Å²) in [5.74, 6) is 2.49. The largest absolute Gasteiger partial charge is 2.00 e. The van der Waals surface area contributed by atoms with Crippen LogP contribution in [-0.4, -0.2) is 29.9 Å². The van der Waals surface area contributed by atoms with Crippen molar-refractivity contribution in [1.29, 1.82) is 0 Å². The van der Waals surface area contributed by atoms with Crippen LogP contribution in [-0.2, 0) is 29.9 Å². The fourth-order valence-corrected chi connectivity index (χ4v) is 8.97. The standard InChI is InChI=1S/C56H56N8.Cu/c1-5-9-33-41-45(37-25-17-13-18-26-37)53-57-49(41)61-54-46(38-27-19-14-20-28-38)42(34-10-6-2)51(58-54)63-56-48(40-31-23-16-24-32-40)44(36-12-8-4)52(60-56)64-55-47(39-29-21-15-22-30-39)43(35-11-7-3)50(59-55)62-53;/h13-32H,5-12,33-36H2,1-4H3;/q-2;+2. The third-order valence-electron chi connectivity index (χ3n) is 12.2. The molecule has 1 radical (unpaired) electrons. The van der Waals surface area contributed by atoms with Gasteiger partial charge in [0.05, 0.1) is 23.3 Å². The molecule has 9 rings (SSSR count). The van der Waals surface area contributed by atoms with Crippen LogP contribution < -0.4 is 9.97 Å². The Labute approximate surface area is 393 Å². The van der Waals surface area contributed by atoms with Crippen LogP contribution in [0.15, 0.2) is 121 Å². The number of rotatable bonds is 16. The molecule has 0 saturated carbocycles. The Balaban J connectivity index is 0.00000576. The zero-order valence-electron chi connectivity index (χ0n) is 37.9. The summed E-state index contributed by atoms with van der Waals surface area (Å²) in [7, 11) is 0. The van der Waals surface area contributed by atoms with Crippen molar-refractivity contribution in [2.75, 3.05) is 0 Å². The van der Waals surface area contributed by atoms with E-state index in [4.69, 9.17) is 39.9 Å². The van der Waals surface area contributed by atoms with Crippen LogP contribution in [0.3, 0.4) is 0 Å². The molecule has 0 N–H and O–H groups in total. The molecule has 3 aromatic heterocycles. The summed E-state index contributed by atoms with van der Waals surface area (Å²) < 4.78 is 0. The van der Waals surface area contributed by atoms with E-state index in [-0.39, 0.29) is 17.1 Å². The van der Waals surface area contributed by atoms with Crippen LogP contribution in [0.1, 0.15) is 137 Å². The van der Waals surface area contributed by atoms with Gasteiger partial charge in [0.15, 0.2) is 0 Å². The van der Waals surface area contributed by atoms with Gasteiger partial charge in [-0.1, -0.05) is 175 Å². The van der Waals surface area contributed by atoms with Crippen molar-refractivity contribution in [2.24, 2.45) is 0 Å². The molecule has 0 aliphatic carbocycles. The van der Waals surface area contributed by atoms with Gasteiger partial charge in [-0.2, -0.15) is 0 Å². The van der Waals surface area contributed by atoms with Gasteiger partial charge < -0.3 is 29.9 Å². The van der Waals surface area contributed by atoms with Crippen molar-refractivity contribution in [2.45, 2.75) is 105 Å². The van der Waals surface area contributed by atoms with Crippen molar-refractivity contribution in [3.8, 4) is 22.3 Å². The first kappa shape index (κ1) is 45.3. The first-order valence-corrected chi connectivity index (χ1v) is 23.5. The van der Waals surface area contributed by atoms with Crippen molar-refractivity contribution in [3.63, 3.8) is 0 Å². The number of aromatic nitrogens is 8. The molecule has 0 spiro atoms. The predicted molar refractivity (Wildman–Crippen MR) is 262 cm³/mol. The number of fused-ring (bicyclic) bond motifs is 8. The summed E-state index contributed by atoms with van der Waals surface area (Å²) in [5.41, 5.74) is 14.9. The first-order chi connectivity index (χ1) is 31.6. The average molecular weight is 905 g/mol. The van der Waals surface area contributed by atoms with Gasteiger partial charge in [-0.25, -0.2) is 9.97 Å². The number of aryl methyl sites for hydroxylation is 2. The Hall–Kier alpha value is -6.28. The molecule has 331 valence electrons. The van der Waals surface area contributed by atoms with Gasteiger partial charge in [-0.05, 0) is 107 Å². The zero-order chi connectivity index (χ0) is 43.8. The van der Waals surface area contributed by atoms with E-state index >= 15 is 0 Å². The molecule has 2 aliphatic heterocycles. The second kappa shape index (κ2) is 21.1. The van der Waals surface area contributed by atoms with Crippen molar-refractivity contribution < 1.29 is 17.1 Å². The first-order valence-electron chi connectivity index (χ1n) is 23.5. The summed E-state index contributed by atoms with van der Waals surface area (Å²) in [5, 5.41) is 0. The molecule has 0 unspecified atom stereocenters. The normalized spacial score (nSPS) is 12.5. The van der Waals surface area contributed by atoms with Crippen LogP contribution in [0.2, 0.25) is 0 Å². The van der Waals surface area contributed by atoms with Gasteiger partial charge in [0.2, 0.25) is 0 Å². The Morgan fingerprint density at radius 3 is 0.985 bits per heavy atom. The van der Waals surface area contributed by atoms with Crippen molar-refractivity contribution in [1.82, 2.24) is 39.9 Å². The SMILES string of the molecule is CCCCC1=C(c2ccccc2)c2nc1nc1[n-]c(nc3nc(nc4[n-]c(n2)c(CCCC)c4-c2ccccc2)C(CCCC)=C3c2ccccc2)c(CCCC)c1-c1ccccc1.[Cu+2]. The molecule has 8 bridgehead atoms. The van der Waals surface area contributed by atoms with Crippen molar-refractivity contribution in [3.05, 3.63) is 167 Å². The maximum absolute atomic E-state index is 5.53. The van der Waals surface area contributed by atoms with E-state index in [1.54, 1.807) is 0 Å². The molecule has 0 atom stereocenters. The Morgan fingerprint density at radius 1 is 0.338 bits per heavy atom. The summed E-state index contributed by atoms with van der Waals surface area (Å²) >= 11 is 0. The van der Waals surface area contributed by atoms with Gasteiger partial charge in [-0.3, -0.25) is 0 Å². The summed E-state index contributed by atoms with van der Waals surface area (Å²) in [4.78, 5) is 43.8. The Morgan fingerprint density at radius 2 is 0.646 bits per heavy atom. The van der Waals surface area contributed by atoms with E-state index in [2.05, 4.69) is 149 Å². The van der Waals surface area contributed by atoms with E-state index in [1.165, 1.54) is 0 Å². The van der Waals surface area contributed by atoms with Gasteiger partial charge in [0.25, 0.3) is 0 Å². The minimum atomic E-state index is 0. The molecule has 5 heterocycles. The van der Waals surface area contributed by atoms with Gasteiger partial charge in [0.1, 0.15) is 0 Å². The van der Waals surface area contributed by atoms with Gasteiger partial charge >= 0.3 is 17.1 Å². The van der Waals surface area contributed by atoms with Gasteiger partial charge in [-0.15, -0.1) is 0 Å². The zero-order valence-corrected chi connectivity index (χ0v) is 38.9. The van der Waals surface area contributed by atoms with Crippen LogP contribution in [0.4, 0.5) is 0 Å². The number of nitrogens with zero attached hydrogens (tertiary/aromatic N) is 8. The summed E-state index contributed by atoms with van der Waals surface area (Å²) in [6.07, 6.45) is 11.1. The monoisotopic (exact) mass is 903 g/mol. The van der Waals surface area contributed by atoms with Crippen molar-refractivity contribution >= 4 is 44.9 Å². The smallest absolute Gasteiger partial charge is 0.357 e. The number of allylic oxidation sites excluding steroid dienone is 2. The van der Waals surface area contributed by atoms with E-state index in [9.17, 15) is 0 Å². The van der Waals surface area contributed by atoms with E-state index in [0.717, 1.165) is 144 Å². The number of hydrogen-bond donors (Lipinski definition) is 0. The van der Waals surface area contributed by atoms with Crippen LogP contribution in [0.5, 0.6) is 0 Å². The topological polar surface area (TPSA) is 106 Å². The maximum atomic E-state index is 5.53. The Kier molecular flexibility index (Phi) is 14.7. The second-order valence-electron chi connectivity index (χ2n) is 16.8. The molecular formula is C56H56CuN8. The fourth-order valence-electron chi connectivity index (χ4n) is 8.97. The fraction of sp³-hybridized carbons (Fsp3) is 0.286. The molecule has 65 heavy (non-hydrogen) atoms. The average Bonchev–Trinajstić information content (AvgIpc) is 4.06. The molecule has 4 aromatic carbocycles. The summed E-state index contributed by atoms with van der Waals surface area (Å²) in [6, 6.07) is 42.1. The minimum absolute atomic E-state index is 0. The second-order valence-corrected chi connectivity index (χ2v) is 16.8. The Bertz CT molecular complexity index is 2770. The third-order valence-corrected chi connectivity index (χ3v) is 12.2. The van der Waals surface area contributed by atoms with E-state index in [1.807, 2.05) is 0 Å². The number of benzene rings is 4.